The number of hydrogen-bond acceptors (Lipinski definition) is 4. The number of aromatic nitrogens is 2. The summed E-state index contributed by atoms with van der Waals surface area (Å²) in [5.74, 6) is 0. The minimum absolute atomic E-state index is 0.380. The fraction of sp³-hybridized carbons (Fsp3) is 0.154. The van der Waals surface area contributed by atoms with E-state index in [2.05, 4.69) is 24.3 Å². The molecule has 3 aromatic carbocycles. The van der Waals surface area contributed by atoms with Gasteiger partial charge in [0.1, 0.15) is 10.6 Å². The molecule has 154 valence electrons. The maximum atomic E-state index is 12.7. The van der Waals surface area contributed by atoms with E-state index >= 15 is 0 Å². The molecule has 0 fully saturated rings. The van der Waals surface area contributed by atoms with Gasteiger partial charge in [-0.05, 0) is 50.4 Å². The second kappa shape index (κ2) is 7.36. The molecule has 0 aliphatic rings. The van der Waals surface area contributed by atoms with Crippen LogP contribution in [0.25, 0.3) is 44.0 Å². The topological polar surface area (TPSA) is 44.1 Å². The van der Waals surface area contributed by atoms with E-state index in [4.69, 9.17) is 9.72 Å². The van der Waals surface area contributed by atoms with Gasteiger partial charge in [0.25, 0.3) is 0 Å². The zero-order valence-electron chi connectivity index (χ0n) is 17.6. The summed E-state index contributed by atoms with van der Waals surface area (Å²) in [7, 11) is 0. The van der Waals surface area contributed by atoms with Crippen LogP contribution in [0.2, 0.25) is 0 Å². The Labute approximate surface area is 184 Å². The summed E-state index contributed by atoms with van der Waals surface area (Å²) in [6, 6.07) is 20.4. The highest BCUT2D eigenvalue weighted by Crippen LogP contribution is 2.31. The van der Waals surface area contributed by atoms with Crippen LogP contribution in [0.15, 0.2) is 66.9 Å². The van der Waals surface area contributed by atoms with Crippen molar-refractivity contribution in [2.75, 3.05) is 0 Å². The van der Waals surface area contributed by atoms with Gasteiger partial charge in [-0.25, -0.2) is 9.78 Å². The van der Waals surface area contributed by atoms with Crippen molar-refractivity contribution in [2.24, 2.45) is 0 Å². The summed E-state index contributed by atoms with van der Waals surface area (Å²) in [5, 5.41) is 4.28. The average Bonchev–Trinajstić information content (AvgIpc) is 3.32. The van der Waals surface area contributed by atoms with Crippen molar-refractivity contribution in [2.45, 2.75) is 26.4 Å². The van der Waals surface area contributed by atoms with E-state index in [-0.39, 0.29) is 6.09 Å². The molecule has 0 N–H and O–H groups in total. The maximum absolute atomic E-state index is 12.7. The van der Waals surface area contributed by atoms with Gasteiger partial charge in [-0.2, -0.15) is 0 Å². The number of carbonyl (C=O) groups is 1. The zero-order chi connectivity index (χ0) is 21.6. The normalized spacial score (nSPS) is 12.4. The number of para-hydroxylation sites is 1. The number of thiazole rings is 1. The quantitative estimate of drug-likeness (QED) is 0.296. The first-order valence-corrected chi connectivity index (χ1v) is 11.0. The minimum Gasteiger partial charge on any atom is -0.443 e. The van der Waals surface area contributed by atoms with Gasteiger partial charge >= 0.3 is 6.09 Å². The molecular formula is C26H22N2O2S. The Morgan fingerprint density at radius 1 is 0.968 bits per heavy atom. The Bertz CT molecular complexity index is 1470. The fourth-order valence-electron chi connectivity index (χ4n) is 3.71. The molecule has 0 saturated carbocycles. The molecular weight excluding hydrogens is 404 g/mol. The van der Waals surface area contributed by atoms with Crippen LogP contribution in [0.3, 0.4) is 0 Å². The Balaban J connectivity index is 1.55. The van der Waals surface area contributed by atoms with Crippen LogP contribution in [0, 0.1) is 0 Å². The second-order valence-corrected chi connectivity index (χ2v) is 9.53. The highest BCUT2D eigenvalue weighted by atomic mass is 32.1. The molecule has 4 nitrogen and oxygen atoms in total. The third-order valence-electron chi connectivity index (χ3n) is 5.04. The molecule has 0 unspecified atom stereocenters. The number of fused-ring (bicyclic) bond motifs is 4. The summed E-state index contributed by atoms with van der Waals surface area (Å²) < 4.78 is 8.32. The van der Waals surface area contributed by atoms with E-state index in [9.17, 15) is 4.79 Å². The van der Waals surface area contributed by atoms with Crippen molar-refractivity contribution in [1.29, 1.82) is 0 Å². The van der Waals surface area contributed by atoms with Gasteiger partial charge in [-0.1, -0.05) is 48.5 Å². The van der Waals surface area contributed by atoms with Crippen molar-refractivity contribution < 1.29 is 9.53 Å². The van der Waals surface area contributed by atoms with Gasteiger partial charge in [-0.15, -0.1) is 11.3 Å². The lowest BCUT2D eigenvalue weighted by Crippen LogP contribution is -2.26. The Morgan fingerprint density at radius 2 is 1.71 bits per heavy atom. The molecule has 0 radical (unpaired) electrons. The minimum atomic E-state index is -0.553. The molecule has 2 aromatic heterocycles. The molecule has 0 aliphatic carbocycles. The predicted octanol–water partition coefficient (Wildman–Crippen LogP) is 7.36. The number of benzene rings is 3. The monoisotopic (exact) mass is 426 g/mol. The molecule has 0 spiro atoms. The second-order valence-electron chi connectivity index (χ2n) is 8.47. The van der Waals surface area contributed by atoms with Crippen LogP contribution in [0.1, 0.15) is 31.3 Å². The van der Waals surface area contributed by atoms with Crippen molar-refractivity contribution in [3.05, 3.63) is 77.4 Å². The van der Waals surface area contributed by atoms with Crippen molar-refractivity contribution in [1.82, 2.24) is 9.55 Å². The molecule has 31 heavy (non-hydrogen) atoms. The number of ether oxygens (including phenoxy) is 1. The van der Waals surface area contributed by atoms with E-state index in [1.165, 1.54) is 5.39 Å². The van der Waals surface area contributed by atoms with Gasteiger partial charge < -0.3 is 4.74 Å². The van der Waals surface area contributed by atoms with Gasteiger partial charge in [0.2, 0.25) is 0 Å². The number of nitrogens with zero attached hydrogens (tertiary/aromatic N) is 2. The lowest BCUT2D eigenvalue weighted by atomic mass is 10.1. The smallest absolute Gasteiger partial charge is 0.419 e. The predicted molar refractivity (Wildman–Crippen MR) is 130 cm³/mol. The standard InChI is InChI=1S/C26H22N2O2S/c1-26(2,3)30-25(29)28-16-18(19-9-6-7-11-21(19)28)13-15-23-27-24-20-10-5-4-8-17(20)12-14-22(24)31-23/h4-16H,1-3H3. The summed E-state index contributed by atoms with van der Waals surface area (Å²) in [4.78, 5) is 17.6. The lowest BCUT2D eigenvalue weighted by Gasteiger charge is -2.19. The summed E-state index contributed by atoms with van der Waals surface area (Å²) in [6.45, 7) is 5.61. The van der Waals surface area contributed by atoms with Crippen LogP contribution in [0.5, 0.6) is 0 Å². The van der Waals surface area contributed by atoms with Crippen molar-refractivity contribution >= 4 is 61.5 Å². The number of rotatable bonds is 2. The van der Waals surface area contributed by atoms with Crippen LogP contribution in [0.4, 0.5) is 4.79 Å². The largest absolute Gasteiger partial charge is 0.443 e. The molecule has 0 amide bonds. The first kappa shape index (κ1) is 19.5. The molecule has 0 aliphatic heterocycles. The van der Waals surface area contributed by atoms with Crippen LogP contribution >= 0.6 is 11.3 Å². The number of carbonyl (C=O) groups excluding carboxylic acids is 1. The summed E-state index contributed by atoms with van der Waals surface area (Å²) in [5.41, 5.74) is 2.25. The molecule has 0 atom stereocenters. The molecule has 5 heteroatoms. The summed E-state index contributed by atoms with van der Waals surface area (Å²) in [6.07, 6.45) is 5.48. The fourth-order valence-corrected chi connectivity index (χ4v) is 4.60. The molecule has 5 rings (SSSR count). The zero-order valence-corrected chi connectivity index (χ0v) is 18.4. The third kappa shape index (κ3) is 3.73. The van der Waals surface area contributed by atoms with E-state index in [0.29, 0.717) is 0 Å². The van der Waals surface area contributed by atoms with E-state index in [0.717, 1.165) is 37.1 Å². The van der Waals surface area contributed by atoms with Gasteiger partial charge in [-0.3, -0.25) is 4.57 Å². The van der Waals surface area contributed by atoms with Gasteiger partial charge in [0.05, 0.1) is 15.7 Å². The third-order valence-corrected chi connectivity index (χ3v) is 6.02. The van der Waals surface area contributed by atoms with E-state index < -0.39 is 5.60 Å². The van der Waals surface area contributed by atoms with Crippen molar-refractivity contribution in [3.8, 4) is 0 Å². The van der Waals surface area contributed by atoms with Crippen LogP contribution < -0.4 is 0 Å². The van der Waals surface area contributed by atoms with Gasteiger partial charge in [0, 0.05) is 22.5 Å². The first-order chi connectivity index (χ1) is 14.9. The molecule has 5 aromatic rings. The SMILES string of the molecule is CC(C)(C)OC(=O)n1cc(C=Cc2nc3c(ccc4ccccc43)s2)c2ccccc21. The molecule has 2 heterocycles. The van der Waals surface area contributed by atoms with Crippen LogP contribution in [-0.4, -0.2) is 21.2 Å². The van der Waals surface area contributed by atoms with E-state index in [1.807, 2.05) is 75.5 Å². The first-order valence-electron chi connectivity index (χ1n) is 10.2. The lowest BCUT2D eigenvalue weighted by molar-refractivity contribution is 0.0544. The number of hydrogen-bond donors (Lipinski definition) is 0. The average molecular weight is 427 g/mol. The Morgan fingerprint density at radius 3 is 2.52 bits per heavy atom. The van der Waals surface area contributed by atoms with Crippen LogP contribution in [-0.2, 0) is 4.74 Å². The molecule has 0 bridgehead atoms. The highest BCUT2D eigenvalue weighted by molar-refractivity contribution is 7.19. The van der Waals surface area contributed by atoms with E-state index in [1.54, 1.807) is 15.9 Å². The Kier molecular flexibility index (Phi) is 4.63. The highest BCUT2D eigenvalue weighted by Gasteiger charge is 2.20. The molecule has 0 saturated heterocycles. The Hall–Kier alpha value is -3.44. The van der Waals surface area contributed by atoms with Crippen molar-refractivity contribution in [3.63, 3.8) is 0 Å². The summed E-state index contributed by atoms with van der Waals surface area (Å²) >= 11 is 1.66. The maximum Gasteiger partial charge on any atom is 0.419 e. The van der Waals surface area contributed by atoms with Gasteiger partial charge in [0.15, 0.2) is 0 Å².